The summed E-state index contributed by atoms with van der Waals surface area (Å²) in [5.74, 6) is 0.815. The standard InChI is InChI=1S/C28H27NO2S/c1-3-21-31-29-26(17-13-23-14-19-27(32-2)20-15-23)18-16-25-11-7-8-12-28(25)30-22-24-9-5-4-6-10-24/h3-20H,1,21-22H2,2H3/b17-13+,18-16+,29-26+. The first-order valence-corrected chi connectivity index (χ1v) is 11.6. The second kappa shape index (κ2) is 13.0. The quantitative estimate of drug-likeness (QED) is 0.103. The zero-order chi connectivity index (χ0) is 22.4. The minimum absolute atomic E-state index is 0.352. The molecule has 0 aliphatic carbocycles. The third kappa shape index (κ3) is 7.64. The summed E-state index contributed by atoms with van der Waals surface area (Å²) in [6.45, 7) is 4.54. The van der Waals surface area contributed by atoms with Crippen molar-refractivity contribution < 1.29 is 9.57 Å². The first-order valence-electron chi connectivity index (χ1n) is 10.4. The minimum atomic E-state index is 0.352. The van der Waals surface area contributed by atoms with Crippen molar-refractivity contribution in [2.75, 3.05) is 12.9 Å². The van der Waals surface area contributed by atoms with Crippen LogP contribution < -0.4 is 4.74 Å². The highest BCUT2D eigenvalue weighted by Crippen LogP contribution is 2.21. The Kier molecular flexibility index (Phi) is 9.43. The van der Waals surface area contributed by atoms with Crippen molar-refractivity contribution in [3.8, 4) is 5.75 Å². The Hall–Kier alpha value is -3.50. The monoisotopic (exact) mass is 441 g/mol. The van der Waals surface area contributed by atoms with Crippen molar-refractivity contribution in [2.24, 2.45) is 5.16 Å². The molecule has 0 amide bonds. The molecule has 0 fully saturated rings. The van der Waals surface area contributed by atoms with Gasteiger partial charge >= 0.3 is 0 Å². The van der Waals surface area contributed by atoms with Crippen molar-refractivity contribution in [3.05, 3.63) is 120 Å². The molecule has 0 heterocycles. The molecule has 0 aliphatic rings. The Labute approximate surface area is 194 Å². The van der Waals surface area contributed by atoms with E-state index in [1.54, 1.807) is 17.8 Å². The highest BCUT2D eigenvalue weighted by molar-refractivity contribution is 7.98. The summed E-state index contributed by atoms with van der Waals surface area (Å²) >= 11 is 1.72. The van der Waals surface area contributed by atoms with E-state index in [4.69, 9.17) is 9.57 Å². The maximum Gasteiger partial charge on any atom is 0.135 e. The highest BCUT2D eigenvalue weighted by Gasteiger charge is 2.01. The van der Waals surface area contributed by atoms with Crippen molar-refractivity contribution in [1.29, 1.82) is 0 Å². The van der Waals surface area contributed by atoms with Gasteiger partial charge in [0.15, 0.2) is 0 Å². The first kappa shape index (κ1) is 23.2. The Morgan fingerprint density at radius 1 is 0.906 bits per heavy atom. The average Bonchev–Trinajstić information content (AvgIpc) is 2.85. The molecule has 3 nitrogen and oxygen atoms in total. The Bertz CT molecular complexity index is 1070. The van der Waals surface area contributed by atoms with Gasteiger partial charge in [-0.15, -0.1) is 11.8 Å². The van der Waals surface area contributed by atoms with Gasteiger partial charge < -0.3 is 9.57 Å². The van der Waals surface area contributed by atoms with E-state index in [1.165, 1.54) is 4.90 Å². The fourth-order valence-corrected chi connectivity index (χ4v) is 3.25. The van der Waals surface area contributed by atoms with Gasteiger partial charge in [0.2, 0.25) is 0 Å². The molecular formula is C28H27NO2S. The van der Waals surface area contributed by atoms with Crippen LogP contribution in [0.1, 0.15) is 16.7 Å². The predicted molar refractivity (Wildman–Crippen MR) is 137 cm³/mol. The van der Waals surface area contributed by atoms with Gasteiger partial charge in [-0.2, -0.15) is 0 Å². The van der Waals surface area contributed by atoms with Gasteiger partial charge in [-0.05, 0) is 53.8 Å². The molecule has 0 atom stereocenters. The number of benzene rings is 3. The minimum Gasteiger partial charge on any atom is -0.488 e. The number of rotatable bonds is 11. The van der Waals surface area contributed by atoms with Crippen LogP contribution in [0.4, 0.5) is 0 Å². The van der Waals surface area contributed by atoms with Crippen LogP contribution in [-0.2, 0) is 11.4 Å². The lowest BCUT2D eigenvalue weighted by atomic mass is 10.1. The lowest BCUT2D eigenvalue weighted by Gasteiger charge is -2.09. The van der Waals surface area contributed by atoms with Crippen molar-refractivity contribution in [1.82, 2.24) is 0 Å². The molecule has 0 N–H and O–H groups in total. The molecule has 3 aromatic rings. The lowest BCUT2D eigenvalue weighted by Crippen LogP contribution is -1.97. The summed E-state index contributed by atoms with van der Waals surface area (Å²) in [7, 11) is 0. The van der Waals surface area contributed by atoms with E-state index in [2.05, 4.69) is 54.4 Å². The number of thioether (sulfide) groups is 1. The van der Waals surface area contributed by atoms with Crippen molar-refractivity contribution in [3.63, 3.8) is 0 Å². The summed E-state index contributed by atoms with van der Waals surface area (Å²) in [5.41, 5.74) is 3.89. The van der Waals surface area contributed by atoms with Crippen LogP contribution in [-0.4, -0.2) is 18.6 Å². The van der Waals surface area contributed by atoms with Gasteiger partial charge in [0, 0.05) is 10.5 Å². The third-order valence-corrected chi connectivity index (χ3v) is 5.26. The van der Waals surface area contributed by atoms with E-state index >= 15 is 0 Å². The van der Waals surface area contributed by atoms with E-state index in [0.29, 0.717) is 18.9 Å². The number of allylic oxidation sites excluding steroid dienone is 2. The Balaban J connectivity index is 1.75. The van der Waals surface area contributed by atoms with Crippen molar-refractivity contribution in [2.45, 2.75) is 11.5 Å². The predicted octanol–water partition coefficient (Wildman–Crippen LogP) is 7.27. The summed E-state index contributed by atoms with van der Waals surface area (Å²) in [5, 5.41) is 4.23. The molecule has 0 aromatic heterocycles. The van der Waals surface area contributed by atoms with E-state index in [-0.39, 0.29) is 0 Å². The van der Waals surface area contributed by atoms with E-state index in [1.807, 2.05) is 66.8 Å². The smallest absolute Gasteiger partial charge is 0.135 e. The second-order valence-corrected chi connectivity index (χ2v) is 7.73. The van der Waals surface area contributed by atoms with E-state index in [9.17, 15) is 0 Å². The maximum absolute atomic E-state index is 6.05. The molecule has 0 radical (unpaired) electrons. The molecule has 162 valence electrons. The summed E-state index contributed by atoms with van der Waals surface area (Å²) in [4.78, 5) is 6.56. The lowest BCUT2D eigenvalue weighted by molar-refractivity contribution is 0.175. The SMILES string of the molecule is C=CCO/N=C(\C=C\c1ccc(SC)cc1)/C=C/c1ccccc1OCc1ccccc1. The number of hydrogen-bond donors (Lipinski definition) is 0. The molecule has 0 spiro atoms. The fraction of sp³-hybridized carbons (Fsp3) is 0.107. The molecule has 0 saturated heterocycles. The molecule has 0 unspecified atom stereocenters. The number of nitrogens with zero attached hydrogens (tertiary/aromatic N) is 1. The van der Waals surface area contributed by atoms with E-state index in [0.717, 1.165) is 22.4 Å². The molecule has 3 aromatic carbocycles. The van der Waals surface area contributed by atoms with Gasteiger partial charge in [-0.1, -0.05) is 84.6 Å². The van der Waals surface area contributed by atoms with Crippen LogP contribution in [0.2, 0.25) is 0 Å². The molecule has 0 bridgehead atoms. The highest BCUT2D eigenvalue weighted by atomic mass is 32.2. The second-order valence-electron chi connectivity index (χ2n) is 6.85. The zero-order valence-corrected chi connectivity index (χ0v) is 19.0. The van der Waals surface area contributed by atoms with Crippen LogP contribution in [0.3, 0.4) is 0 Å². The number of oxime groups is 1. The van der Waals surface area contributed by atoms with Crippen LogP contribution in [0.15, 0.2) is 114 Å². The summed E-state index contributed by atoms with van der Waals surface area (Å²) in [6.07, 6.45) is 11.6. The summed E-state index contributed by atoms with van der Waals surface area (Å²) in [6, 6.07) is 26.4. The Morgan fingerprint density at radius 2 is 1.62 bits per heavy atom. The van der Waals surface area contributed by atoms with Gasteiger partial charge in [0.25, 0.3) is 0 Å². The normalized spacial score (nSPS) is 11.7. The van der Waals surface area contributed by atoms with Crippen LogP contribution in [0.25, 0.3) is 12.2 Å². The largest absolute Gasteiger partial charge is 0.488 e. The van der Waals surface area contributed by atoms with Gasteiger partial charge in [0.1, 0.15) is 24.7 Å². The van der Waals surface area contributed by atoms with Crippen LogP contribution in [0, 0.1) is 0 Å². The first-order chi connectivity index (χ1) is 15.8. The third-order valence-electron chi connectivity index (χ3n) is 4.51. The number of para-hydroxylation sites is 1. The number of ether oxygens (including phenoxy) is 1. The molecule has 0 saturated carbocycles. The maximum atomic E-state index is 6.05. The molecule has 3 rings (SSSR count). The van der Waals surface area contributed by atoms with Crippen molar-refractivity contribution >= 4 is 29.6 Å². The van der Waals surface area contributed by atoms with Gasteiger partial charge in [-0.25, -0.2) is 0 Å². The van der Waals surface area contributed by atoms with E-state index < -0.39 is 0 Å². The van der Waals surface area contributed by atoms with Crippen LogP contribution in [0.5, 0.6) is 5.75 Å². The topological polar surface area (TPSA) is 30.8 Å². The Morgan fingerprint density at radius 3 is 2.38 bits per heavy atom. The molecule has 0 aliphatic heterocycles. The van der Waals surface area contributed by atoms with Gasteiger partial charge in [-0.3, -0.25) is 0 Å². The average molecular weight is 442 g/mol. The number of hydrogen-bond acceptors (Lipinski definition) is 4. The molecule has 4 heteroatoms. The summed E-state index contributed by atoms with van der Waals surface area (Å²) < 4.78 is 6.05. The van der Waals surface area contributed by atoms with Gasteiger partial charge in [0.05, 0.1) is 0 Å². The molecular weight excluding hydrogens is 414 g/mol. The zero-order valence-electron chi connectivity index (χ0n) is 18.2. The fourth-order valence-electron chi connectivity index (χ4n) is 2.84. The van der Waals surface area contributed by atoms with Crippen LogP contribution >= 0.6 is 11.8 Å². The molecule has 32 heavy (non-hydrogen) atoms.